The van der Waals surface area contributed by atoms with Crippen molar-refractivity contribution in [2.24, 2.45) is 0 Å². The summed E-state index contributed by atoms with van der Waals surface area (Å²) in [4.78, 5) is 11.8. The summed E-state index contributed by atoms with van der Waals surface area (Å²) < 4.78 is 5.53. The lowest BCUT2D eigenvalue weighted by molar-refractivity contribution is -0.121. The minimum absolute atomic E-state index is 0.0642. The molecule has 0 radical (unpaired) electrons. The van der Waals surface area contributed by atoms with Crippen molar-refractivity contribution < 1.29 is 9.53 Å². The first-order valence-electron chi connectivity index (χ1n) is 6.67. The summed E-state index contributed by atoms with van der Waals surface area (Å²) >= 11 is 0. The van der Waals surface area contributed by atoms with E-state index in [2.05, 4.69) is 38.3 Å². The van der Waals surface area contributed by atoms with Crippen molar-refractivity contribution in [1.29, 1.82) is 0 Å². The first kappa shape index (κ1) is 14.5. The number of ether oxygens (including phenoxy) is 1. The van der Waals surface area contributed by atoms with Crippen LogP contribution >= 0.6 is 0 Å². The number of carbonyl (C=O) groups excluding carboxylic acids is 1. The second-order valence-electron chi connectivity index (χ2n) is 5.11. The van der Waals surface area contributed by atoms with Crippen LogP contribution in [0.15, 0.2) is 0 Å². The van der Waals surface area contributed by atoms with Gasteiger partial charge in [-0.25, -0.2) is 0 Å². The fourth-order valence-electron chi connectivity index (χ4n) is 2.12. The summed E-state index contributed by atoms with van der Waals surface area (Å²) in [6.07, 6.45) is 3.10. The van der Waals surface area contributed by atoms with Crippen LogP contribution in [0, 0.1) is 0 Å². The zero-order valence-corrected chi connectivity index (χ0v) is 11.5. The maximum absolute atomic E-state index is 11.8. The van der Waals surface area contributed by atoms with Crippen LogP contribution in [0.4, 0.5) is 0 Å². The molecule has 1 aliphatic heterocycles. The number of nitrogens with one attached hydrogen (secondary N) is 2. The van der Waals surface area contributed by atoms with Crippen LogP contribution in [-0.4, -0.2) is 36.7 Å². The molecule has 0 aromatic rings. The van der Waals surface area contributed by atoms with E-state index in [4.69, 9.17) is 4.74 Å². The third kappa shape index (κ3) is 3.96. The molecule has 0 aliphatic carbocycles. The van der Waals surface area contributed by atoms with E-state index in [9.17, 15) is 4.79 Å². The van der Waals surface area contributed by atoms with E-state index in [0.29, 0.717) is 12.6 Å². The van der Waals surface area contributed by atoms with E-state index < -0.39 is 0 Å². The predicted molar refractivity (Wildman–Crippen MR) is 69.0 cm³/mol. The molecule has 0 saturated carbocycles. The highest BCUT2D eigenvalue weighted by molar-refractivity contribution is 5.78. The van der Waals surface area contributed by atoms with Crippen molar-refractivity contribution in [3.63, 3.8) is 0 Å². The highest BCUT2D eigenvalue weighted by Gasteiger charge is 2.36. The van der Waals surface area contributed by atoms with Crippen molar-refractivity contribution >= 4 is 5.91 Å². The van der Waals surface area contributed by atoms with Gasteiger partial charge < -0.3 is 15.4 Å². The molecule has 100 valence electrons. The molecule has 2 unspecified atom stereocenters. The molecular formula is C13H26N2O2. The van der Waals surface area contributed by atoms with Crippen LogP contribution in [0.5, 0.6) is 0 Å². The average molecular weight is 242 g/mol. The normalized spacial score (nSPS) is 28.6. The van der Waals surface area contributed by atoms with E-state index in [1.165, 1.54) is 0 Å². The van der Waals surface area contributed by atoms with Crippen LogP contribution in [0.1, 0.15) is 47.0 Å². The zero-order chi connectivity index (χ0) is 12.9. The first-order chi connectivity index (χ1) is 8.01. The van der Waals surface area contributed by atoms with E-state index in [1.807, 2.05) is 0 Å². The molecule has 0 bridgehead atoms. The van der Waals surface area contributed by atoms with Gasteiger partial charge in [0.2, 0.25) is 5.91 Å². The van der Waals surface area contributed by atoms with Gasteiger partial charge in [-0.1, -0.05) is 13.8 Å². The summed E-state index contributed by atoms with van der Waals surface area (Å²) in [5.74, 6) is 0.0824. The van der Waals surface area contributed by atoms with Crippen molar-refractivity contribution in [2.75, 3.05) is 13.2 Å². The van der Waals surface area contributed by atoms with Gasteiger partial charge in [-0.15, -0.1) is 0 Å². The van der Waals surface area contributed by atoms with Crippen molar-refractivity contribution in [2.45, 2.75) is 64.6 Å². The molecule has 0 aromatic carbocycles. The van der Waals surface area contributed by atoms with Gasteiger partial charge in [0.1, 0.15) is 0 Å². The lowest BCUT2D eigenvalue weighted by Gasteiger charge is -2.29. The molecule has 1 aliphatic rings. The second-order valence-corrected chi connectivity index (χ2v) is 5.11. The smallest absolute Gasteiger partial charge is 0.234 e. The van der Waals surface area contributed by atoms with E-state index >= 15 is 0 Å². The fourth-order valence-corrected chi connectivity index (χ4v) is 2.12. The van der Waals surface area contributed by atoms with E-state index in [-0.39, 0.29) is 17.6 Å². The molecule has 17 heavy (non-hydrogen) atoms. The van der Waals surface area contributed by atoms with Crippen LogP contribution in [0.25, 0.3) is 0 Å². The molecular weight excluding hydrogens is 216 g/mol. The summed E-state index contributed by atoms with van der Waals surface area (Å²) in [6.45, 7) is 9.51. The summed E-state index contributed by atoms with van der Waals surface area (Å²) in [7, 11) is 0. The standard InChI is InChI=1S/C13H26N2O2/c1-5-11(6-2)15-12(16)9-14-13(4)7-8-17-10(13)3/h10-11,14H,5-9H2,1-4H3,(H,15,16). The molecule has 1 heterocycles. The molecule has 4 nitrogen and oxygen atoms in total. The van der Waals surface area contributed by atoms with Crippen LogP contribution in [-0.2, 0) is 9.53 Å². The summed E-state index contributed by atoms with van der Waals surface area (Å²) in [5.41, 5.74) is -0.0642. The van der Waals surface area contributed by atoms with Gasteiger partial charge in [0.05, 0.1) is 12.6 Å². The summed E-state index contributed by atoms with van der Waals surface area (Å²) in [5, 5.41) is 6.35. The second kappa shape index (κ2) is 6.36. The van der Waals surface area contributed by atoms with Gasteiger partial charge in [-0.3, -0.25) is 4.79 Å². The maximum atomic E-state index is 11.8. The number of hydrogen-bond acceptors (Lipinski definition) is 3. The molecule has 4 heteroatoms. The lowest BCUT2D eigenvalue weighted by atomic mass is 9.95. The summed E-state index contributed by atoms with van der Waals surface area (Å²) in [6, 6.07) is 0.300. The number of amides is 1. The Balaban J connectivity index is 2.32. The largest absolute Gasteiger partial charge is 0.377 e. The Kier molecular flexibility index (Phi) is 5.40. The number of carbonyl (C=O) groups is 1. The average Bonchev–Trinajstić information content (AvgIpc) is 2.64. The van der Waals surface area contributed by atoms with Crippen LogP contribution in [0.3, 0.4) is 0 Å². The monoisotopic (exact) mass is 242 g/mol. The van der Waals surface area contributed by atoms with Gasteiger partial charge in [-0.05, 0) is 33.1 Å². The Labute approximate surface area is 104 Å². The van der Waals surface area contributed by atoms with E-state index in [0.717, 1.165) is 25.9 Å². The van der Waals surface area contributed by atoms with Crippen molar-refractivity contribution in [3.05, 3.63) is 0 Å². The molecule has 0 spiro atoms. The number of rotatable bonds is 6. The Morgan fingerprint density at radius 2 is 2.12 bits per heavy atom. The van der Waals surface area contributed by atoms with Crippen molar-refractivity contribution in [3.8, 4) is 0 Å². The first-order valence-corrected chi connectivity index (χ1v) is 6.67. The molecule has 1 amide bonds. The third-order valence-corrected chi connectivity index (χ3v) is 3.89. The van der Waals surface area contributed by atoms with E-state index in [1.54, 1.807) is 0 Å². The van der Waals surface area contributed by atoms with Gasteiger partial charge in [0.25, 0.3) is 0 Å². The number of hydrogen-bond donors (Lipinski definition) is 2. The molecule has 0 aromatic heterocycles. The minimum atomic E-state index is -0.0642. The van der Waals surface area contributed by atoms with Crippen LogP contribution < -0.4 is 10.6 Å². The predicted octanol–water partition coefficient (Wildman–Crippen LogP) is 1.45. The fraction of sp³-hybridized carbons (Fsp3) is 0.923. The Morgan fingerprint density at radius 1 is 1.47 bits per heavy atom. The lowest BCUT2D eigenvalue weighted by Crippen LogP contribution is -2.52. The minimum Gasteiger partial charge on any atom is -0.377 e. The van der Waals surface area contributed by atoms with Gasteiger partial charge in [0, 0.05) is 18.2 Å². The quantitative estimate of drug-likeness (QED) is 0.741. The maximum Gasteiger partial charge on any atom is 0.234 e. The Morgan fingerprint density at radius 3 is 2.59 bits per heavy atom. The van der Waals surface area contributed by atoms with Crippen molar-refractivity contribution in [1.82, 2.24) is 10.6 Å². The molecule has 1 fully saturated rings. The highest BCUT2D eigenvalue weighted by atomic mass is 16.5. The SMILES string of the molecule is CCC(CC)NC(=O)CNC1(C)CCOC1C. The Hall–Kier alpha value is -0.610. The van der Waals surface area contributed by atoms with Gasteiger partial charge in [-0.2, -0.15) is 0 Å². The zero-order valence-electron chi connectivity index (χ0n) is 11.5. The highest BCUT2D eigenvalue weighted by Crippen LogP contribution is 2.24. The third-order valence-electron chi connectivity index (χ3n) is 3.89. The molecule has 1 rings (SSSR count). The van der Waals surface area contributed by atoms with Gasteiger partial charge in [0.15, 0.2) is 0 Å². The van der Waals surface area contributed by atoms with Crippen LogP contribution in [0.2, 0.25) is 0 Å². The topological polar surface area (TPSA) is 50.4 Å². The molecule has 2 atom stereocenters. The molecule has 1 saturated heterocycles. The molecule has 2 N–H and O–H groups in total. The Bertz CT molecular complexity index is 254. The van der Waals surface area contributed by atoms with Gasteiger partial charge >= 0.3 is 0 Å².